The van der Waals surface area contributed by atoms with E-state index in [2.05, 4.69) is 31.3 Å². The van der Waals surface area contributed by atoms with E-state index in [1.54, 1.807) is 7.11 Å². The number of likely N-dealkylation sites (N-methyl/N-ethyl adjacent to an activating group) is 1. The Hall–Kier alpha value is -1.10. The van der Waals surface area contributed by atoms with E-state index < -0.39 is 0 Å². The third kappa shape index (κ3) is 3.47. The molecular formula is C15H23NO3. The van der Waals surface area contributed by atoms with Crippen molar-refractivity contribution in [2.75, 3.05) is 33.5 Å². The smallest absolute Gasteiger partial charge is 0.119 e. The quantitative estimate of drug-likeness (QED) is 0.884. The van der Waals surface area contributed by atoms with Gasteiger partial charge in [-0.15, -0.1) is 0 Å². The summed E-state index contributed by atoms with van der Waals surface area (Å²) in [5, 5.41) is 3.50. The van der Waals surface area contributed by atoms with Crippen molar-refractivity contribution < 1.29 is 14.2 Å². The lowest BCUT2D eigenvalue weighted by Crippen LogP contribution is -2.40. The fourth-order valence-corrected chi connectivity index (χ4v) is 2.48. The lowest BCUT2D eigenvalue weighted by Gasteiger charge is -2.32. The van der Waals surface area contributed by atoms with Crippen LogP contribution in [0.1, 0.15) is 24.1 Å². The van der Waals surface area contributed by atoms with Gasteiger partial charge in [0, 0.05) is 0 Å². The summed E-state index contributed by atoms with van der Waals surface area (Å²) in [4.78, 5) is 0. The Morgan fingerprint density at radius 1 is 1.42 bits per heavy atom. The second-order valence-electron chi connectivity index (χ2n) is 4.74. The summed E-state index contributed by atoms with van der Waals surface area (Å²) < 4.78 is 16.6. The summed E-state index contributed by atoms with van der Waals surface area (Å²) in [6.07, 6.45) is 0.0702. The Kier molecular flexibility index (Phi) is 5.19. The zero-order chi connectivity index (χ0) is 13.7. The summed E-state index contributed by atoms with van der Waals surface area (Å²) in [5.41, 5.74) is 2.46. The highest BCUT2D eigenvalue weighted by Gasteiger charge is 2.27. The Labute approximate surface area is 115 Å². The standard InChI is InChI=1S/C15H23NO3/c1-4-16-15(14-10-18-7-8-19-14)13-6-5-12(17-3)9-11(13)2/h5-6,9,14-16H,4,7-8,10H2,1-3H3. The average molecular weight is 265 g/mol. The third-order valence-corrected chi connectivity index (χ3v) is 3.45. The van der Waals surface area contributed by atoms with Crippen molar-refractivity contribution in [1.82, 2.24) is 5.32 Å². The molecule has 4 nitrogen and oxygen atoms in total. The van der Waals surface area contributed by atoms with Crippen molar-refractivity contribution in [2.24, 2.45) is 0 Å². The van der Waals surface area contributed by atoms with Gasteiger partial charge in [0.1, 0.15) is 11.9 Å². The molecule has 0 radical (unpaired) electrons. The topological polar surface area (TPSA) is 39.7 Å². The number of nitrogens with one attached hydrogen (secondary N) is 1. The minimum absolute atomic E-state index is 0.0702. The van der Waals surface area contributed by atoms with Gasteiger partial charge in [-0.3, -0.25) is 0 Å². The zero-order valence-corrected chi connectivity index (χ0v) is 11.9. The van der Waals surface area contributed by atoms with E-state index in [1.807, 2.05) is 6.07 Å². The van der Waals surface area contributed by atoms with Gasteiger partial charge in [-0.05, 0) is 36.7 Å². The molecule has 0 spiro atoms. The first kappa shape index (κ1) is 14.3. The van der Waals surface area contributed by atoms with Crippen molar-refractivity contribution >= 4 is 0 Å². The molecule has 19 heavy (non-hydrogen) atoms. The fourth-order valence-electron chi connectivity index (χ4n) is 2.48. The van der Waals surface area contributed by atoms with E-state index in [0.29, 0.717) is 19.8 Å². The summed E-state index contributed by atoms with van der Waals surface area (Å²) in [6.45, 7) is 7.11. The first-order chi connectivity index (χ1) is 9.26. The van der Waals surface area contributed by atoms with E-state index in [-0.39, 0.29) is 12.1 Å². The predicted molar refractivity (Wildman–Crippen MR) is 74.7 cm³/mol. The molecule has 0 aliphatic carbocycles. The van der Waals surface area contributed by atoms with Crippen LogP contribution in [0.3, 0.4) is 0 Å². The van der Waals surface area contributed by atoms with Crippen LogP contribution in [0.15, 0.2) is 18.2 Å². The summed E-state index contributed by atoms with van der Waals surface area (Å²) in [6, 6.07) is 6.33. The molecule has 2 unspecified atom stereocenters. The van der Waals surface area contributed by atoms with Gasteiger partial charge in [-0.2, -0.15) is 0 Å². The van der Waals surface area contributed by atoms with Gasteiger partial charge in [0.05, 0.1) is 33.0 Å². The minimum atomic E-state index is 0.0702. The van der Waals surface area contributed by atoms with Crippen molar-refractivity contribution in [3.8, 4) is 5.75 Å². The molecule has 2 rings (SSSR count). The summed E-state index contributed by atoms with van der Waals surface area (Å²) in [5.74, 6) is 0.886. The zero-order valence-electron chi connectivity index (χ0n) is 11.9. The van der Waals surface area contributed by atoms with Gasteiger partial charge in [0.25, 0.3) is 0 Å². The highest BCUT2D eigenvalue weighted by molar-refractivity contribution is 5.37. The van der Waals surface area contributed by atoms with Crippen LogP contribution in [-0.4, -0.2) is 39.6 Å². The lowest BCUT2D eigenvalue weighted by atomic mass is 9.96. The number of benzene rings is 1. The fraction of sp³-hybridized carbons (Fsp3) is 0.600. The highest BCUT2D eigenvalue weighted by Crippen LogP contribution is 2.27. The van der Waals surface area contributed by atoms with Gasteiger partial charge < -0.3 is 19.5 Å². The van der Waals surface area contributed by atoms with Crippen molar-refractivity contribution in [2.45, 2.75) is 26.0 Å². The van der Waals surface area contributed by atoms with E-state index in [9.17, 15) is 0 Å². The van der Waals surface area contributed by atoms with E-state index in [4.69, 9.17) is 14.2 Å². The number of aryl methyl sites for hydroxylation is 1. The van der Waals surface area contributed by atoms with Crippen LogP contribution >= 0.6 is 0 Å². The molecule has 1 aliphatic heterocycles. The Morgan fingerprint density at radius 2 is 2.26 bits per heavy atom. The molecule has 1 heterocycles. The van der Waals surface area contributed by atoms with Crippen LogP contribution < -0.4 is 10.1 Å². The molecule has 0 bridgehead atoms. The number of hydrogen-bond acceptors (Lipinski definition) is 4. The molecule has 1 aliphatic rings. The second kappa shape index (κ2) is 6.89. The normalized spacial score (nSPS) is 21.1. The van der Waals surface area contributed by atoms with E-state index >= 15 is 0 Å². The first-order valence-electron chi connectivity index (χ1n) is 6.83. The minimum Gasteiger partial charge on any atom is -0.497 e. The average Bonchev–Trinajstić information content (AvgIpc) is 2.46. The summed E-state index contributed by atoms with van der Waals surface area (Å²) >= 11 is 0. The van der Waals surface area contributed by atoms with Crippen LogP contribution in [0.25, 0.3) is 0 Å². The molecule has 4 heteroatoms. The van der Waals surface area contributed by atoms with E-state index in [1.165, 1.54) is 11.1 Å². The predicted octanol–water partition coefficient (Wildman–Crippen LogP) is 2.07. The molecule has 1 aromatic rings. The largest absolute Gasteiger partial charge is 0.497 e. The maximum absolute atomic E-state index is 5.84. The Bertz CT molecular complexity index is 402. The molecule has 106 valence electrons. The van der Waals surface area contributed by atoms with Crippen molar-refractivity contribution in [3.63, 3.8) is 0 Å². The van der Waals surface area contributed by atoms with Crippen LogP contribution in [-0.2, 0) is 9.47 Å². The highest BCUT2D eigenvalue weighted by atomic mass is 16.6. The molecule has 1 N–H and O–H groups in total. The van der Waals surface area contributed by atoms with Gasteiger partial charge in [-0.1, -0.05) is 13.0 Å². The molecule has 0 amide bonds. The molecule has 2 atom stereocenters. The Balaban J connectivity index is 2.22. The number of ether oxygens (including phenoxy) is 3. The molecule has 0 aromatic heterocycles. The second-order valence-corrected chi connectivity index (χ2v) is 4.74. The maximum atomic E-state index is 5.84. The van der Waals surface area contributed by atoms with Crippen molar-refractivity contribution in [1.29, 1.82) is 0 Å². The molecule has 1 fully saturated rings. The van der Waals surface area contributed by atoms with Gasteiger partial charge in [0.2, 0.25) is 0 Å². The molecular weight excluding hydrogens is 242 g/mol. The summed E-state index contributed by atoms with van der Waals surface area (Å²) in [7, 11) is 1.69. The van der Waals surface area contributed by atoms with Crippen LogP contribution in [0.5, 0.6) is 5.75 Å². The van der Waals surface area contributed by atoms with Crippen LogP contribution in [0.2, 0.25) is 0 Å². The van der Waals surface area contributed by atoms with Gasteiger partial charge in [-0.25, -0.2) is 0 Å². The van der Waals surface area contributed by atoms with Crippen molar-refractivity contribution in [3.05, 3.63) is 29.3 Å². The van der Waals surface area contributed by atoms with Crippen LogP contribution in [0, 0.1) is 6.92 Å². The number of rotatable bonds is 5. The monoisotopic (exact) mass is 265 g/mol. The van der Waals surface area contributed by atoms with Crippen LogP contribution in [0.4, 0.5) is 0 Å². The lowest BCUT2D eigenvalue weighted by molar-refractivity contribution is -0.102. The first-order valence-corrected chi connectivity index (χ1v) is 6.83. The molecule has 1 aromatic carbocycles. The van der Waals surface area contributed by atoms with Gasteiger partial charge in [0.15, 0.2) is 0 Å². The SMILES string of the molecule is CCNC(c1ccc(OC)cc1C)C1COCCO1. The van der Waals surface area contributed by atoms with E-state index in [0.717, 1.165) is 12.3 Å². The number of methoxy groups -OCH3 is 1. The number of hydrogen-bond donors (Lipinski definition) is 1. The Morgan fingerprint density at radius 3 is 2.84 bits per heavy atom. The molecule has 0 saturated carbocycles. The van der Waals surface area contributed by atoms with Gasteiger partial charge >= 0.3 is 0 Å². The third-order valence-electron chi connectivity index (χ3n) is 3.45. The maximum Gasteiger partial charge on any atom is 0.119 e. The molecule has 1 saturated heterocycles.